The molecule has 2 rings (SSSR count). The molecule has 0 saturated heterocycles. The molecular weight excluding hydrogens is 288 g/mol. The van der Waals surface area contributed by atoms with Crippen LogP contribution in [0, 0.1) is 0 Å². The largest absolute Gasteiger partial charge is 0.267 e. The number of aromatic nitrogens is 3. The molecule has 0 bridgehead atoms. The molecule has 2 aromatic rings. The van der Waals surface area contributed by atoms with Crippen LogP contribution in [0.4, 0.5) is 5.82 Å². The van der Waals surface area contributed by atoms with E-state index >= 15 is 0 Å². The topological polar surface area (TPSA) is 84.8 Å². The van der Waals surface area contributed by atoms with E-state index in [0.29, 0.717) is 12.1 Å². The zero-order valence-corrected chi connectivity index (χ0v) is 11.4. The third kappa shape index (κ3) is 4.46. The molecule has 2 aromatic heterocycles. The summed E-state index contributed by atoms with van der Waals surface area (Å²) in [5, 5.41) is -0.00933. The molecule has 0 aliphatic carbocycles. The Hall–Kier alpha value is -1.73. The van der Waals surface area contributed by atoms with E-state index < -0.39 is 10.0 Å². The monoisotopic (exact) mass is 298 g/mol. The van der Waals surface area contributed by atoms with Gasteiger partial charge in [-0.3, -0.25) is 9.71 Å². The summed E-state index contributed by atoms with van der Waals surface area (Å²) >= 11 is 5.58. The molecule has 8 heteroatoms. The highest BCUT2D eigenvalue weighted by Gasteiger charge is 2.12. The molecule has 0 spiro atoms. The maximum atomic E-state index is 11.8. The number of sulfonamides is 1. The van der Waals surface area contributed by atoms with Gasteiger partial charge in [0.25, 0.3) is 0 Å². The molecule has 1 N–H and O–H groups in total. The van der Waals surface area contributed by atoms with Crippen molar-refractivity contribution in [2.75, 3.05) is 10.5 Å². The molecule has 0 amide bonds. The van der Waals surface area contributed by atoms with Crippen molar-refractivity contribution in [2.24, 2.45) is 0 Å². The Balaban J connectivity index is 1.99. The van der Waals surface area contributed by atoms with Crippen molar-refractivity contribution in [2.45, 2.75) is 6.42 Å². The number of hydrogen-bond donors (Lipinski definition) is 1. The van der Waals surface area contributed by atoms with Crippen molar-refractivity contribution < 1.29 is 8.42 Å². The van der Waals surface area contributed by atoms with Crippen molar-refractivity contribution >= 4 is 27.4 Å². The lowest BCUT2D eigenvalue weighted by molar-refractivity contribution is 0.600. The molecule has 2 heterocycles. The van der Waals surface area contributed by atoms with Gasteiger partial charge >= 0.3 is 0 Å². The summed E-state index contributed by atoms with van der Waals surface area (Å²) in [5.41, 5.74) is 0.716. The average Bonchev–Trinajstić information content (AvgIpc) is 2.37. The number of rotatable bonds is 5. The molecule has 0 aliphatic rings. The number of aryl methyl sites for hydroxylation is 1. The minimum absolute atomic E-state index is 0.00933. The van der Waals surface area contributed by atoms with Gasteiger partial charge in [0.1, 0.15) is 5.82 Å². The number of nitrogens with one attached hydrogen (secondary N) is 1. The summed E-state index contributed by atoms with van der Waals surface area (Å²) in [5.74, 6) is 0.0760. The number of anilines is 1. The van der Waals surface area contributed by atoms with Crippen LogP contribution < -0.4 is 4.72 Å². The Morgan fingerprint density at radius 1 is 1.16 bits per heavy atom. The van der Waals surface area contributed by atoms with E-state index in [9.17, 15) is 8.42 Å². The summed E-state index contributed by atoms with van der Waals surface area (Å²) in [7, 11) is -3.49. The van der Waals surface area contributed by atoms with Gasteiger partial charge in [0, 0.05) is 24.5 Å². The van der Waals surface area contributed by atoms with E-state index in [1.807, 2.05) is 6.07 Å². The van der Waals surface area contributed by atoms with Crippen LogP contribution >= 0.6 is 11.6 Å². The average molecular weight is 299 g/mol. The van der Waals surface area contributed by atoms with Gasteiger partial charge in [0.15, 0.2) is 0 Å². The van der Waals surface area contributed by atoms with Gasteiger partial charge in [-0.05, 0) is 29.8 Å². The van der Waals surface area contributed by atoms with Gasteiger partial charge in [-0.25, -0.2) is 13.4 Å². The smallest absolute Gasteiger partial charge is 0.234 e. The number of nitrogens with zero attached hydrogens (tertiary/aromatic N) is 3. The van der Waals surface area contributed by atoms with Crippen molar-refractivity contribution in [3.63, 3.8) is 0 Å². The lowest BCUT2D eigenvalue weighted by Crippen LogP contribution is -2.19. The SMILES string of the molecule is O=S(=O)(CCc1ccccn1)Nc1ccnc(Cl)n1. The van der Waals surface area contributed by atoms with Gasteiger partial charge < -0.3 is 0 Å². The van der Waals surface area contributed by atoms with E-state index in [4.69, 9.17) is 11.6 Å². The van der Waals surface area contributed by atoms with Crippen LogP contribution in [-0.4, -0.2) is 29.1 Å². The van der Waals surface area contributed by atoms with Crippen molar-refractivity contribution in [3.8, 4) is 0 Å². The highest BCUT2D eigenvalue weighted by molar-refractivity contribution is 7.92. The van der Waals surface area contributed by atoms with Crippen LogP contribution in [-0.2, 0) is 16.4 Å². The fraction of sp³-hybridized carbons (Fsp3) is 0.182. The van der Waals surface area contributed by atoms with Crippen LogP contribution in [0.15, 0.2) is 36.7 Å². The third-order valence-electron chi connectivity index (χ3n) is 2.24. The summed E-state index contributed by atoms with van der Waals surface area (Å²) in [4.78, 5) is 11.5. The van der Waals surface area contributed by atoms with Gasteiger partial charge in [-0.1, -0.05) is 6.07 Å². The summed E-state index contributed by atoms with van der Waals surface area (Å²) < 4.78 is 26.0. The molecule has 0 aromatic carbocycles. The molecule has 0 aliphatic heterocycles. The molecule has 0 unspecified atom stereocenters. The second-order valence-electron chi connectivity index (χ2n) is 3.70. The lowest BCUT2D eigenvalue weighted by atomic mass is 10.3. The Kier molecular flexibility index (Phi) is 4.28. The predicted molar refractivity (Wildman–Crippen MR) is 72.4 cm³/mol. The van der Waals surface area contributed by atoms with Crippen LogP contribution in [0.3, 0.4) is 0 Å². The zero-order chi connectivity index (χ0) is 13.7. The maximum Gasteiger partial charge on any atom is 0.234 e. The second kappa shape index (κ2) is 5.94. The van der Waals surface area contributed by atoms with E-state index in [0.717, 1.165) is 0 Å². The Morgan fingerprint density at radius 3 is 2.68 bits per heavy atom. The summed E-state index contributed by atoms with van der Waals surface area (Å²) in [6.07, 6.45) is 3.33. The predicted octanol–water partition coefficient (Wildman–Crippen LogP) is 1.51. The molecule has 19 heavy (non-hydrogen) atoms. The van der Waals surface area contributed by atoms with Crippen LogP contribution in [0.2, 0.25) is 5.28 Å². The fourth-order valence-corrected chi connectivity index (χ4v) is 2.55. The normalized spacial score (nSPS) is 11.2. The van der Waals surface area contributed by atoms with Crippen LogP contribution in [0.25, 0.3) is 0 Å². The van der Waals surface area contributed by atoms with Crippen molar-refractivity contribution in [1.29, 1.82) is 0 Å². The zero-order valence-electron chi connectivity index (χ0n) is 9.82. The Morgan fingerprint density at radius 2 is 2.00 bits per heavy atom. The van der Waals surface area contributed by atoms with Gasteiger partial charge in [-0.2, -0.15) is 4.98 Å². The van der Waals surface area contributed by atoms with E-state index in [-0.39, 0.29) is 16.9 Å². The van der Waals surface area contributed by atoms with E-state index in [2.05, 4.69) is 19.7 Å². The highest BCUT2D eigenvalue weighted by atomic mass is 35.5. The Labute approximate surface area is 115 Å². The standard InChI is InChI=1S/C11H11ClN4O2S/c12-11-14-7-4-10(15-11)16-19(17,18)8-5-9-3-1-2-6-13-9/h1-4,6-7H,5,8H2,(H,14,15,16). The van der Waals surface area contributed by atoms with Gasteiger partial charge in [-0.15, -0.1) is 0 Å². The first kappa shape index (κ1) is 13.7. The van der Waals surface area contributed by atoms with Gasteiger partial charge in [0.2, 0.25) is 15.3 Å². The number of hydrogen-bond acceptors (Lipinski definition) is 5. The third-order valence-corrected chi connectivity index (χ3v) is 3.68. The second-order valence-corrected chi connectivity index (χ2v) is 5.88. The minimum Gasteiger partial charge on any atom is -0.267 e. The molecule has 100 valence electrons. The maximum absolute atomic E-state index is 11.8. The van der Waals surface area contributed by atoms with Gasteiger partial charge in [0.05, 0.1) is 5.75 Å². The first-order chi connectivity index (χ1) is 9.05. The van der Waals surface area contributed by atoms with E-state index in [1.54, 1.807) is 18.3 Å². The molecule has 0 fully saturated rings. The van der Waals surface area contributed by atoms with Crippen molar-refractivity contribution in [3.05, 3.63) is 47.6 Å². The molecule has 0 saturated carbocycles. The summed E-state index contributed by atoms with van der Waals surface area (Å²) in [6, 6.07) is 6.80. The Bertz CT molecular complexity index is 649. The summed E-state index contributed by atoms with van der Waals surface area (Å²) in [6.45, 7) is 0. The molecular formula is C11H11ClN4O2S. The number of halogens is 1. The van der Waals surface area contributed by atoms with Crippen LogP contribution in [0.1, 0.15) is 5.69 Å². The fourth-order valence-electron chi connectivity index (χ4n) is 1.39. The molecule has 0 radical (unpaired) electrons. The highest BCUT2D eigenvalue weighted by Crippen LogP contribution is 2.09. The first-order valence-corrected chi connectivity index (χ1v) is 7.47. The number of pyridine rings is 1. The quantitative estimate of drug-likeness (QED) is 0.846. The van der Waals surface area contributed by atoms with E-state index in [1.165, 1.54) is 12.3 Å². The molecule has 0 atom stereocenters. The first-order valence-electron chi connectivity index (χ1n) is 5.44. The van der Waals surface area contributed by atoms with Crippen LogP contribution in [0.5, 0.6) is 0 Å². The van der Waals surface area contributed by atoms with Crippen molar-refractivity contribution in [1.82, 2.24) is 15.0 Å². The molecule has 6 nitrogen and oxygen atoms in total. The minimum atomic E-state index is -3.49. The lowest BCUT2D eigenvalue weighted by Gasteiger charge is -2.06.